The summed E-state index contributed by atoms with van der Waals surface area (Å²) in [5.74, 6) is -0.920. The molecule has 0 radical (unpaired) electrons. The molecule has 1 aliphatic rings. The molecular weight excluding hydrogens is 299 g/mol. The smallest absolute Gasteiger partial charge is 0.345 e. The van der Waals surface area contributed by atoms with E-state index in [1.807, 2.05) is 0 Å². The molecular formula is C18H17FO4. The van der Waals surface area contributed by atoms with E-state index in [4.69, 9.17) is 9.84 Å². The van der Waals surface area contributed by atoms with Crippen molar-refractivity contribution >= 4 is 5.97 Å². The van der Waals surface area contributed by atoms with Gasteiger partial charge in [-0.05, 0) is 48.7 Å². The van der Waals surface area contributed by atoms with E-state index in [0.29, 0.717) is 22.4 Å². The van der Waals surface area contributed by atoms with Gasteiger partial charge in [0.25, 0.3) is 0 Å². The third kappa shape index (κ3) is 2.92. The first-order valence-electron chi connectivity index (χ1n) is 7.31. The van der Waals surface area contributed by atoms with Crippen LogP contribution in [-0.4, -0.2) is 22.3 Å². The van der Waals surface area contributed by atoms with Crippen molar-refractivity contribution in [2.24, 2.45) is 0 Å². The lowest BCUT2D eigenvalue weighted by molar-refractivity contribution is -0.144. The molecule has 0 spiro atoms. The Morgan fingerprint density at radius 3 is 2.61 bits per heavy atom. The van der Waals surface area contributed by atoms with Crippen molar-refractivity contribution < 1.29 is 24.1 Å². The third-order valence-electron chi connectivity index (χ3n) is 4.00. The van der Waals surface area contributed by atoms with Crippen LogP contribution in [0.2, 0.25) is 0 Å². The zero-order valence-electron chi connectivity index (χ0n) is 12.8. The van der Waals surface area contributed by atoms with Gasteiger partial charge in [-0.1, -0.05) is 18.2 Å². The monoisotopic (exact) mass is 316 g/mol. The van der Waals surface area contributed by atoms with Crippen LogP contribution in [0, 0.1) is 5.82 Å². The maximum atomic E-state index is 14.4. The lowest BCUT2D eigenvalue weighted by Crippen LogP contribution is -2.24. The Bertz CT molecular complexity index is 777. The number of fused-ring (bicyclic) bond motifs is 1. The molecule has 1 unspecified atom stereocenters. The number of carboxylic acids is 1. The molecule has 1 aliphatic heterocycles. The quantitative estimate of drug-likeness (QED) is 0.913. The number of rotatable bonds is 3. The van der Waals surface area contributed by atoms with Gasteiger partial charge in [-0.3, -0.25) is 0 Å². The number of carbonyl (C=O) groups is 1. The predicted octanol–water partition coefficient (Wildman–Crippen LogP) is 3.11. The zero-order chi connectivity index (χ0) is 16.8. The van der Waals surface area contributed by atoms with Crippen molar-refractivity contribution in [2.45, 2.75) is 32.0 Å². The highest BCUT2D eigenvalue weighted by atomic mass is 19.1. The minimum Gasteiger partial charge on any atom is -0.478 e. The van der Waals surface area contributed by atoms with E-state index in [2.05, 4.69) is 0 Å². The van der Waals surface area contributed by atoms with Gasteiger partial charge >= 0.3 is 5.97 Å². The van der Waals surface area contributed by atoms with Gasteiger partial charge in [0, 0.05) is 12.0 Å². The molecule has 0 saturated heterocycles. The molecule has 0 aliphatic carbocycles. The zero-order valence-corrected chi connectivity index (χ0v) is 12.8. The largest absolute Gasteiger partial charge is 0.478 e. The van der Waals surface area contributed by atoms with Crippen LogP contribution < -0.4 is 4.74 Å². The molecule has 1 atom stereocenters. The van der Waals surface area contributed by atoms with Gasteiger partial charge in [0.1, 0.15) is 11.6 Å². The second kappa shape index (κ2) is 5.35. The maximum absolute atomic E-state index is 14.4. The topological polar surface area (TPSA) is 66.8 Å². The number of benzene rings is 2. The summed E-state index contributed by atoms with van der Waals surface area (Å²) in [7, 11) is 0. The number of hydrogen-bond donors (Lipinski definition) is 2. The highest BCUT2D eigenvalue weighted by molar-refractivity contribution is 5.76. The molecule has 5 heteroatoms. The average Bonchev–Trinajstić information content (AvgIpc) is 2.89. The van der Waals surface area contributed by atoms with E-state index in [1.165, 1.54) is 6.07 Å². The van der Waals surface area contributed by atoms with Crippen LogP contribution >= 0.6 is 0 Å². The van der Waals surface area contributed by atoms with Gasteiger partial charge in [-0.25, -0.2) is 9.18 Å². The summed E-state index contributed by atoms with van der Waals surface area (Å²) in [6.07, 6.45) is -0.621. The first-order valence-corrected chi connectivity index (χ1v) is 7.31. The normalized spacial score (nSPS) is 16.8. The Kier molecular flexibility index (Phi) is 3.60. The van der Waals surface area contributed by atoms with Crippen molar-refractivity contribution in [3.63, 3.8) is 0 Å². The van der Waals surface area contributed by atoms with Gasteiger partial charge in [0.2, 0.25) is 0 Å². The summed E-state index contributed by atoms with van der Waals surface area (Å²) in [5.41, 5.74) is 1.19. The van der Waals surface area contributed by atoms with E-state index in [0.717, 1.165) is 5.56 Å². The van der Waals surface area contributed by atoms with Gasteiger partial charge < -0.3 is 14.9 Å². The standard InChI is InChI=1S/C18H17FO4/c1-18(2,22)12-4-5-13(14(19)9-12)10-3-6-15-11(7-10)8-16(23-15)17(20)21/h3-7,9,16,22H,8H2,1-2H3,(H,20,21). The first-order chi connectivity index (χ1) is 10.8. The molecule has 0 fully saturated rings. The second-order valence-electron chi connectivity index (χ2n) is 6.22. The maximum Gasteiger partial charge on any atom is 0.345 e. The molecule has 1 heterocycles. The van der Waals surface area contributed by atoms with Gasteiger partial charge in [-0.15, -0.1) is 0 Å². The van der Waals surface area contributed by atoms with Crippen molar-refractivity contribution in [1.29, 1.82) is 0 Å². The average molecular weight is 316 g/mol. The molecule has 0 bridgehead atoms. The van der Waals surface area contributed by atoms with Crippen LogP contribution in [0.4, 0.5) is 4.39 Å². The van der Waals surface area contributed by atoms with Crippen LogP contribution in [-0.2, 0) is 16.8 Å². The Balaban J connectivity index is 1.96. The molecule has 2 aromatic carbocycles. The van der Waals surface area contributed by atoms with E-state index < -0.39 is 23.5 Å². The number of carboxylic acid groups (broad SMARTS) is 1. The Morgan fingerprint density at radius 1 is 1.26 bits per heavy atom. The summed E-state index contributed by atoms with van der Waals surface area (Å²) in [5, 5.41) is 19.0. The Hall–Kier alpha value is -2.40. The predicted molar refractivity (Wildman–Crippen MR) is 82.8 cm³/mol. The highest BCUT2D eigenvalue weighted by Gasteiger charge is 2.29. The highest BCUT2D eigenvalue weighted by Crippen LogP contribution is 2.34. The van der Waals surface area contributed by atoms with Crippen LogP contribution in [0.25, 0.3) is 11.1 Å². The van der Waals surface area contributed by atoms with E-state index in [1.54, 1.807) is 44.2 Å². The number of aliphatic hydroxyl groups is 1. The molecule has 3 rings (SSSR count). The number of halogens is 1. The fraction of sp³-hybridized carbons (Fsp3) is 0.278. The lowest BCUT2D eigenvalue weighted by Gasteiger charge is -2.18. The summed E-state index contributed by atoms with van der Waals surface area (Å²) < 4.78 is 19.7. The lowest BCUT2D eigenvalue weighted by atomic mass is 9.94. The van der Waals surface area contributed by atoms with Crippen LogP contribution in [0.1, 0.15) is 25.0 Å². The van der Waals surface area contributed by atoms with Crippen LogP contribution in [0.3, 0.4) is 0 Å². The molecule has 2 aromatic rings. The molecule has 2 N–H and O–H groups in total. The van der Waals surface area contributed by atoms with Crippen molar-refractivity contribution in [3.05, 3.63) is 53.3 Å². The Morgan fingerprint density at radius 2 is 2.00 bits per heavy atom. The Labute approximate surface area is 133 Å². The molecule has 0 amide bonds. The second-order valence-corrected chi connectivity index (χ2v) is 6.22. The van der Waals surface area contributed by atoms with Gasteiger partial charge in [-0.2, -0.15) is 0 Å². The van der Waals surface area contributed by atoms with Crippen molar-refractivity contribution in [3.8, 4) is 16.9 Å². The van der Waals surface area contributed by atoms with Crippen molar-refractivity contribution in [1.82, 2.24) is 0 Å². The minimum absolute atomic E-state index is 0.266. The number of hydrogen-bond acceptors (Lipinski definition) is 3. The number of aliphatic carboxylic acids is 1. The van der Waals surface area contributed by atoms with E-state index in [-0.39, 0.29) is 6.42 Å². The third-order valence-corrected chi connectivity index (χ3v) is 4.00. The van der Waals surface area contributed by atoms with Crippen LogP contribution in [0.5, 0.6) is 5.75 Å². The fourth-order valence-electron chi connectivity index (χ4n) is 2.68. The number of ether oxygens (including phenoxy) is 1. The fourth-order valence-corrected chi connectivity index (χ4v) is 2.68. The summed E-state index contributed by atoms with van der Waals surface area (Å²) in [6.45, 7) is 3.19. The molecule has 0 saturated carbocycles. The molecule has 23 heavy (non-hydrogen) atoms. The van der Waals surface area contributed by atoms with E-state index in [9.17, 15) is 14.3 Å². The summed E-state index contributed by atoms with van der Waals surface area (Å²) >= 11 is 0. The first kappa shape index (κ1) is 15.5. The van der Waals surface area contributed by atoms with Crippen LogP contribution in [0.15, 0.2) is 36.4 Å². The summed E-state index contributed by atoms with van der Waals surface area (Å²) in [6, 6.07) is 9.73. The molecule has 4 nitrogen and oxygen atoms in total. The van der Waals surface area contributed by atoms with Gasteiger partial charge in [0.15, 0.2) is 6.10 Å². The summed E-state index contributed by atoms with van der Waals surface area (Å²) in [4.78, 5) is 11.0. The van der Waals surface area contributed by atoms with Crippen molar-refractivity contribution in [2.75, 3.05) is 0 Å². The van der Waals surface area contributed by atoms with Gasteiger partial charge in [0.05, 0.1) is 5.60 Å². The van der Waals surface area contributed by atoms with E-state index >= 15 is 0 Å². The minimum atomic E-state index is -1.11. The molecule has 120 valence electrons. The SMILES string of the molecule is CC(C)(O)c1ccc(-c2ccc3c(c2)CC(C(=O)O)O3)c(F)c1. The molecule has 0 aromatic heterocycles.